The van der Waals surface area contributed by atoms with Crippen LogP contribution in [0.25, 0.3) is 0 Å². The molecule has 0 aliphatic carbocycles. The first-order chi connectivity index (χ1) is 12.7. The minimum absolute atomic E-state index is 0.307. The van der Waals surface area contributed by atoms with Gasteiger partial charge in [0.2, 0.25) is 0 Å². The minimum atomic E-state index is 0.307. The molecule has 0 radical (unpaired) electrons. The van der Waals surface area contributed by atoms with Gasteiger partial charge in [-0.3, -0.25) is 4.99 Å². The summed E-state index contributed by atoms with van der Waals surface area (Å²) in [5.41, 5.74) is 0. The van der Waals surface area contributed by atoms with Gasteiger partial charge < -0.3 is 19.9 Å². The van der Waals surface area contributed by atoms with Crippen molar-refractivity contribution in [2.75, 3.05) is 46.3 Å². The number of nitrogens with one attached hydrogen (secondary N) is 1. The molecule has 0 spiro atoms. The fourth-order valence-corrected chi connectivity index (χ4v) is 4.02. The van der Waals surface area contributed by atoms with E-state index in [2.05, 4.69) is 27.0 Å². The van der Waals surface area contributed by atoms with E-state index in [1.165, 1.54) is 25.9 Å². The molecule has 1 aromatic rings. The second-order valence-corrected chi connectivity index (χ2v) is 7.64. The molecule has 2 fully saturated rings. The van der Waals surface area contributed by atoms with Crippen LogP contribution in [0.3, 0.4) is 0 Å². The van der Waals surface area contributed by atoms with E-state index in [0.717, 1.165) is 56.6 Å². The van der Waals surface area contributed by atoms with Crippen LogP contribution >= 0.6 is 0 Å². The van der Waals surface area contributed by atoms with Crippen LogP contribution in [0.2, 0.25) is 0 Å². The topological polar surface area (TPSA) is 40.1 Å². The number of benzene rings is 1. The van der Waals surface area contributed by atoms with Gasteiger partial charge in [-0.25, -0.2) is 0 Å². The molecular formula is C21H34N4O. The minimum Gasteiger partial charge on any atom is -0.490 e. The molecule has 2 heterocycles. The zero-order valence-electron chi connectivity index (χ0n) is 16.4. The van der Waals surface area contributed by atoms with Crippen molar-refractivity contribution in [1.29, 1.82) is 0 Å². The highest BCUT2D eigenvalue weighted by molar-refractivity contribution is 5.79. The van der Waals surface area contributed by atoms with Gasteiger partial charge >= 0.3 is 0 Å². The number of guanidine groups is 1. The predicted octanol–water partition coefficient (Wildman–Crippen LogP) is 2.84. The standard InChI is InChI=1S/C21H34N4O/c1-18-7-6-13-24(17-18)16-12-23-21(22-2)25-14-10-20(11-15-25)26-19-8-4-3-5-9-19/h3-5,8-9,18,20H,6-7,10-17H2,1-2H3,(H,22,23). The lowest BCUT2D eigenvalue weighted by Crippen LogP contribution is -2.49. The van der Waals surface area contributed by atoms with Crippen molar-refractivity contribution >= 4 is 5.96 Å². The summed E-state index contributed by atoms with van der Waals surface area (Å²) in [6.45, 7) is 8.92. The van der Waals surface area contributed by atoms with Crippen molar-refractivity contribution in [2.24, 2.45) is 10.9 Å². The molecule has 0 amide bonds. The van der Waals surface area contributed by atoms with Crippen LogP contribution in [0.15, 0.2) is 35.3 Å². The van der Waals surface area contributed by atoms with Crippen LogP contribution in [-0.4, -0.2) is 68.2 Å². The van der Waals surface area contributed by atoms with Crippen molar-refractivity contribution in [3.63, 3.8) is 0 Å². The summed E-state index contributed by atoms with van der Waals surface area (Å²) in [5, 5.41) is 3.56. The molecule has 5 nitrogen and oxygen atoms in total. The number of rotatable bonds is 5. The molecule has 1 aromatic carbocycles. The first-order valence-electron chi connectivity index (χ1n) is 10.1. The lowest BCUT2D eigenvalue weighted by atomic mass is 10.0. The average molecular weight is 359 g/mol. The van der Waals surface area contributed by atoms with E-state index in [4.69, 9.17) is 4.74 Å². The molecule has 0 bridgehead atoms. The maximum Gasteiger partial charge on any atom is 0.193 e. The number of ether oxygens (including phenoxy) is 1. The Morgan fingerprint density at radius 1 is 1.15 bits per heavy atom. The Morgan fingerprint density at radius 2 is 1.92 bits per heavy atom. The SMILES string of the molecule is CN=C(NCCN1CCCC(C)C1)N1CCC(Oc2ccccc2)CC1. The Balaban J connectivity index is 1.38. The first-order valence-corrected chi connectivity index (χ1v) is 10.1. The van der Waals surface area contributed by atoms with Crippen LogP contribution in [0.4, 0.5) is 0 Å². The summed E-state index contributed by atoms with van der Waals surface area (Å²) in [7, 11) is 1.89. The molecule has 2 aliphatic heterocycles. The Morgan fingerprint density at radius 3 is 2.62 bits per heavy atom. The van der Waals surface area contributed by atoms with Crippen molar-refractivity contribution in [3.05, 3.63) is 30.3 Å². The average Bonchev–Trinajstić information content (AvgIpc) is 2.67. The molecule has 0 saturated carbocycles. The van der Waals surface area contributed by atoms with Gasteiger partial charge in [0.25, 0.3) is 0 Å². The summed E-state index contributed by atoms with van der Waals surface area (Å²) >= 11 is 0. The molecule has 144 valence electrons. The third kappa shape index (κ3) is 5.63. The van der Waals surface area contributed by atoms with E-state index in [9.17, 15) is 0 Å². The molecule has 2 aliphatic rings. The van der Waals surface area contributed by atoms with Crippen molar-refractivity contribution in [3.8, 4) is 5.75 Å². The first kappa shape index (κ1) is 19.0. The molecule has 1 N–H and O–H groups in total. The monoisotopic (exact) mass is 358 g/mol. The zero-order valence-corrected chi connectivity index (χ0v) is 16.4. The molecule has 0 aromatic heterocycles. The zero-order chi connectivity index (χ0) is 18.2. The van der Waals surface area contributed by atoms with Gasteiger partial charge in [0.1, 0.15) is 11.9 Å². The highest BCUT2D eigenvalue weighted by Crippen LogP contribution is 2.19. The van der Waals surface area contributed by atoms with Gasteiger partial charge in [0, 0.05) is 52.6 Å². The van der Waals surface area contributed by atoms with Crippen molar-refractivity contribution < 1.29 is 4.74 Å². The fraction of sp³-hybridized carbons (Fsp3) is 0.667. The quantitative estimate of drug-likeness (QED) is 0.649. The van der Waals surface area contributed by atoms with E-state index in [1.807, 2.05) is 37.4 Å². The number of piperidine rings is 2. The van der Waals surface area contributed by atoms with Gasteiger partial charge in [0.15, 0.2) is 5.96 Å². The van der Waals surface area contributed by atoms with Crippen molar-refractivity contribution in [1.82, 2.24) is 15.1 Å². The van der Waals surface area contributed by atoms with E-state index < -0.39 is 0 Å². The second-order valence-electron chi connectivity index (χ2n) is 7.64. The van der Waals surface area contributed by atoms with E-state index in [1.54, 1.807) is 0 Å². The smallest absolute Gasteiger partial charge is 0.193 e. The van der Waals surface area contributed by atoms with Gasteiger partial charge in [-0.1, -0.05) is 25.1 Å². The van der Waals surface area contributed by atoms with E-state index in [-0.39, 0.29) is 0 Å². The third-order valence-corrected chi connectivity index (χ3v) is 5.45. The molecule has 1 atom stereocenters. The predicted molar refractivity (Wildman–Crippen MR) is 108 cm³/mol. The number of hydrogen-bond acceptors (Lipinski definition) is 3. The van der Waals surface area contributed by atoms with Gasteiger partial charge in [-0.2, -0.15) is 0 Å². The highest BCUT2D eigenvalue weighted by Gasteiger charge is 2.23. The molecule has 26 heavy (non-hydrogen) atoms. The highest BCUT2D eigenvalue weighted by atomic mass is 16.5. The molecule has 1 unspecified atom stereocenters. The van der Waals surface area contributed by atoms with E-state index in [0.29, 0.717) is 6.10 Å². The fourth-order valence-electron chi connectivity index (χ4n) is 4.02. The number of aliphatic imine (C=N–C) groups is 1. The van der Waals surface area contributed by atoms with Crippen LogP contribution < -0.4 is 10.1 Å². The number of nitrogens with zero attached hydrogens (tertiary/aromatic N) is 3. The Bertz CT molecular complexity index is 554. The Hall–Kier alpha value is -1.75. The number of para-hydroxylation sites is 1. The molecular weight excluding hydrogens is 324 g/mol. The number of likely N-dealkylation sites (tertiary alicyclic amines) is 2. The Labute approximate surface area is 158 Å². The summed E-state index contributed by atoms with van der Waals surface area (Å²) in [6.07, 6.45) is 5.11. The normalized spacial score (nSPS) is 23.1. The summed E-state index contributed by atoms with van der Waals surface area (Å²) < 4.78 is 6.09. The van der Waals surface area contributed by atoms with Gasteiger partial charge in [0.05, 0.1) is 0 Å². The lowest BCUT2D eigenvalue weighted by Gasteiger charge is -2.35. The maximum atomic E-state index is 6.09. The summed E-state index contributed by atoms with van der Waals surface area (Å²) in [6, 6.07) is 10.1. The van der Waals surface area contributed by atoms with Crippen LogP contribution in [0.5, 0.6) is 5.75 Å². The van der Waals surface area contributed by atoms with E-state index >= 15 is 0 Å². The lowest BCUT2D eigenvalue weighted by molar-refractivity contribution is 0.129. The molecule has 3 rings (SSSR count). The van der Waals surface area contributed by atoms with Gasteiger partial charge in [-0.15, -0.1) is 0 Å². The van der Waals surface area contributed by atoms with Crippen LogP contribution in [-0.2, 0) is 0 Å². The maximum absolute atomic E-state index is 6.09. The summed E-state index contributed by atoms with van der Waals surface area (Å²) in [4.78, 5) is 9.43. The largest absolute Gasteiger partial charge is 0.490 e. The Kier molecular flexibility index (Phi) is 7.18. The molecule has 2 saturated heterocycles. The third-order valence-electron chi connectivity index (χ3n) is 5.45. The van der Waals surface area contributed by atoms with Crippen molar-refractivity contribution in [2.45, 2.75) is 38.7 Å². The summed E-state index contributed by atoms with van der Waals surface area (Å²) in [5.74, 6) is 2.85. The second kappa shape index (κ2) is 9.81. The molecule has 5 heteroatoms. The van der Waals surface area contributed by atoms with Crippen LogP contribution in [0.1, 0.15) is 32.6 Å². The van der Waals surface area contributed by atoms with Gasteiger partial charge in [-0.05, 0) is 37.4 Å². The van der Waals surface area contributed by atoms with Crippen LogP contribution in [0, 0.1) is 5.92 Å². The number of hydrogen-bond donors (Lipinski definition) is 1.